The number of benzene rings is 1. The second-order valence-electron chi connectivity index (χ2n) is 9.46. The predicted molar refractivity (Wildman–Crippen MR) is 156 cm³/mol. The monoisotopic (exact) mass is 587 g/mol. The zero-order valence-corrected chi connectivity index (χ0v) is 23.7. The van der Waals surface area contributed by atoms with Gasteiger partial charge in [0.25, 0.3) is 0 Å². The quantitative estimate of drug-likeness (QED) is 0.179. The minimum Gasteiger partial charge on any atom is -0.486 e. The summed E-state index contributed by atoms with van der Waals surface area (Å²) < 4.78 is 20.3. The van der Waals surface area contributed by atoms with Crippen molar-refractivity contribution in [3.05, 3.63) is 74.9 Å². The van der Waals surface area contributed by atoms with E-state index in [2.05, 4.69) is 38.9 Å². The minimum absolute atomic E-state index is 0.00515. The lowest BCUT2D eigenvalue weighted by molar-refractivity contribution is 0.156. The van der Waals surface area contributed by atoms with Gasteiger partial charge in [0, 0.05) is 72.1 Å². The highest BCUT2D eigenvalue weighted by molar-refractivity contribution is 7.79. The van der Waals surface area contributed by atoms with Gasteiger partial charge in [0.1, 0.15) is 18.5 Å². The fraction of sp³-hybridized carbons (Fsp3) is 0.333. The summed E-state index contributed by atoms with van der Waals surface area (Å²) in [5, 5.41) is 22.6. The van der Waals surface area contributed by atoms with Crippen LogP contribution in [0.5, 0.6) is 5.75 Å². The summed E-state index contributed by atoms with van der Waals surface area (Å²) in [6.07, 6.45) is 8.39. The van der Waals surface area contributed by atoms with Crippen LogP contribution in [0.15, 0.2) is 36.8 Å². The Morgan fingerprint density at radius 1 is 1.26 bits per heavy atom. The van der Waals surface area contributed by atoms with Crippen LogP contribution in [0.25, 0.3) is 0 Å². The molecule has 1 spiro atoms. The molecule has 0 amide bonds. The SMILES string of the molecule is CS.N#Cc1cc(C(=N)c2cc(OCc3c(Cl)cncc3Cl)c(F)cc2N)cnc1N1CC2(CCCNC2)C1. The number of aromatic nitrogens is 2. The highest BCUT2D eigenvalue weighted by atomic mass is 35.5. The van der Waals surface area contributed by atoms with E-state index in [0.29, 0.717) is 32.6 Å². The van der Waals surface area contributed by atoms with Crippen LogP contribution in [0.1, 0.15) is 35.1 Å². The van der Waals surface area contributed by atoms with Gasteiger partial charge in [0.15, 0.2) is 11.6 Å². The van der Waals surface area contributed by atoms with Crippen LogP contribution in [0.2, 0.25) is 10.0 Å². The average molecular weight is 589 g/mol. The number of nitrogen functional groups attached to an aromatic ring is 1. The van der Waals surface area contributed by atoms with Crippen molar-refractivity contribution in [3.8, 4) is 11.8 Å². The Labute approximate surface area is 242 Å². The van der Waals surface area contributed by atoms with Crippen LogP contribution >= 0.6 is 35.8 Å². The second-order valence-corrected chi connectivity index (χ2v) is 10.3. The molecule has 2 aromatic heterocycles. The van der Waals surface area contributed by atoms with Crippen LogP contribution in [-0.2, 0) is 6.61 Å². The first kappa shape index (κ1) is 28.9. The zero-order valence-electron chi connectivity index (χ0n) is 21.3. The molecule has 2 aliphatic rings. The lowest BCUT2D eigenvalue weighted by Gasteiger charge is -2.53. The van der Waals surface area contributed by atoms with E-state index in [1.54, 1.807) is 18.5 Å². The molecule has 8 nitrogen and oxygen atoms in total. The van der Waals surface area contributed by atoms with E-state index in [-0.39, 0.29) is 34.7 Å². The molecule has 204 valence electrons. The van der Waals surface area contributed by atoms with Crippen LogP contribution in [-0.4, -0.2) is 48.1 Å². The molecule has 1 aromatic carbocycles. The molecule has 0 unspecified atom stereocenters. The second kappa shape index (κ2) is 12.4. The number of nitrogens with one attached hydrogen (secondary N) is 2. The van der Waals surface area contributed by atoms with Gasteiger partial charge in [-0.15, -0.1) is 0 Å². The molecule has 2 fully saturated rings. The van der Waals surface area contributed by atoms with Crippen molar-refractivity contribution in [1.29, 1.82) is 10.7 Å². The molecule has 5 rings (SSSR count). The van der Waals surface area contributed by atoms with Gasteiger partial charge in [-0.3, -0.25) is 10.4 Å². The molecule has 2 aliphatic heterocycles. The smallest absolute Gasteiger partial charge is 0.167 e. The number of nitriles is 1. The maximum Gasteiger partial charge on any atom is 0.167 e. The number of halogens is 3. The third-order valence-electron chi connectivity index (χ3n) is 6.89. The van der Waals surface area contributed by atoms with Crippen LogP contribution in [0, 0.1) is 28.0 Å². The first-order valence-corrected chi connectivity index (χ1v) is 13.8. The first-order valence-electron chi connectivity index (χ1n) is 12.2. The molecule has 0 saturated carbocycles. The largest absolute Gasteiger partial charge is 0.486 e. The van der Waals surface area contributed by atoms with Gasteiger partial charge < -0.3 is 20.7 Å². The molecule has 0 aliphatic carbocycles. The summed E-state index contributed by atoms with van der Waals surface area (Å²) in [5.74, 6) is -0.196. The van der Waals surface area contributed by atoms with Crippen molar-refractivity contribution in [2.24, 2.45) is 5.41 Å². The van der Waals surface area contributed by atoms with Gasteiger partial charge in [-0.05, 0) is 37.8 Å². The minimum atomic E-state index is -0.689. The van der Waals surface area contributed by atoms with E-state index in [1.807, 2.05) is 0 Å². The molecule has 0 atom stereocenters. The van der Waals surface area contributed by atoms with Crippen LogP contribution in [0.4, 0.5) is 15.9 Å². The zero-order chi connectivity index (χ0) is 28.2. The summed E-state index contributed by atoms with van der Waals surface area (Å²) in [5.41, 5.74) is 7.82. The molecular formula is C27H28Cl2FN7OS. The van der Waals surface area contributed by atoms with E-state index in [1.165, 1.54) is 18.5 Å². The van der Waals surface area contributed by atoms with Gasteiger partial charge in [-0.25, -0.2) is 9.37 Å². The third kappa shape index (κ3) is 6.07. The fourth-order valence-electron chi connectivity index (χ4n) is 4.92. The molecule has 0 bridgehead atoms. The fourth-order valence-corrected chi connectivity index (χ4v) is 5.39. The number of hydrogen-bond donors (Lipinski definition) is 4. The van der Waals surface area contributed by atoms with Gasteiger partial charge in [-0.1, -0.05) is 23.2 Å². The van der Waals surface area contributed by atoms with E-state index < -0.39 is 5.82 Å². The number of rotatable bonds is 6. The molecule has 12 heteroatoms. The van der Waals surface area contributed by atoms with Crippen molar-refractivity contribution in [2.75, 3.05) is 43.1 Å². The summed E-state index contributed by atoms with van der Waals surface area (Å²) >= 11 is 15.8. The molecule has 4 heterocycles. The van der Waals surface area contributed by atoms with Crippen molar-refractivity contribution in [1.82, 2.24) is 15.3 Å². The number of pyridine rings is 2. The number of hydrogen-bond acceptors (Lipinski definition) is 9. The van der Waals surface area contributed by atoms with Crippen molar-refractivity contribution in [3.63, 3.8) is 0 Å². The van der Waals surface area contributed by atoms with Crippen LogP contribution < -0.4 is 20.7 Å². The van der Waals surface area contributed by atoms with Gasteiger partial charge in [0.2, 0.25) is 0 Å². The summed E-state index contributed by atoms with van der Waals surface area (Å²) in [6.45, 7) is 3.60. The van der Waals surface area contributed by atoms with E-state index in [4.69, 9.17) is 39.1 Å². The van der Waals surface area contributed by atoms with Crippen molar-refractivity contribution in [2.45, 2.75) is 19.4 Å². The van der Waals surface area contributed by atoms with E-state index in [9.17, 15) is 9.65 Å². The number of nitrogens with two attached hydrogens (primary N) is 1. The number of thiol groups is 1. The molecule has 0 radical (unpaired) electrons. The Morgan fingerprint density at radius 2 is 1.97 bits per heavy atom. The third-order valence-corrected chi connectivity index (χ3v) is 7.54. The maximum absolute atomic E-state index is 14.6. The first-order chi connectivity index (χ1) is 18.8. The standard InChI is InChI=1S/C26H24Cl2FN7O.CH4S/c27-19-9-34-10-20(28)18(19)11-37-23-5-17(22(31)6-21(23)29)24(32)16-4-15(7-30)25(35-8-16)36-13-26(14-36)2-1-3-33-12-26;1-2/h4-6,8-10,32-33H,1-3,11-14,31H2;2H,1H3. The Balaban J connectivity index is 0.00000172. The summed E-state index contributed by atoms with van der Waals surface area (Å²) in [7, 11) is 0. The normalized spacial score (nSPS) is 15.5. The van der Waals surface area contributed by atoms with Gasteiger partial charge in [-0.2, -0.15) is 17.9 Å². The van der Waals surface area contributed by atoms with Gasteiger partial charge in [0.05, 0.1) is 21.3 Å². The predicted octanol–water partition coefficient (Wildman–Crippen LogP) is 5.11. The summed E-state index contributed by atoms with van der Waals surface area (Å²) in [4.78, 5) is 10.5. The maximum atomic E-state index is 14.6. The highest BCUT2D eigenvalue weighted by Gasteiger charge is 2.44. The Morgan fingerprint density at radius 3 is 2.62 bits per heavy atom. The lowest BCUT2D eigenvalue weighted by atomic mass is 9.74. The topological polar surface area (TPSA) is 124 Å². The molecule has 4 N–H and O–H groups in total. The number of nitrogens with zero attached hydrogens (tertiary/aromatic N) is 4. The Hall–Kier alpha value is -3.10. The Bertz CT molecular complexity index is 1400. The Kier molecular flexibility index (Phi) is 9.18. The average Bonchev–Trinajstić information content (AvgIpc) is 2.93. The van der Waals surface area contributed by atoms with E-state index in [0.717, 1.165) is 45.1 Å². The van der Waals surface area contributed by atoms with Gasteiger partial charge >= 0.3 is 0 Å². The molecule has 39 heavy (non-hydrogen) atoms. The number of piperidine rings is 1. The van der Waals surface area contributed by atoms with Crippen LogP contribution in [0.3, 0.4) is 0 Å². The molecular weight excluding hydrogens is 560 g/mol. The van der Waals surface area contributed by atoms with Crippen molar-refractivity contribution >= 4 is 53.0 Å². The highest BCUT2D eigenvalue weighted by Crippen LogP contribution is 2.40. The summed E-state index contributed by atoms with van der Waals surface area (Å²) in [6, 6.07) is 6.27. The number of ether oxygens (including phenoxy) is 1. The van der Waals surface area contributed by atoms with E-state index >= 15 is 0 Å². The number of anilines is 2. The lowest BCUT2D eigenvalue weighted by Crippen LogP contribution is -2.62. The van der Waals surface area contributed by atoms with Crippen molar-refractivity contribution < 1.29 is 9.13 Å². The molecule has 3 aromatic rings. The molecule has 2 saturated heterocycles.